The monoisotopic (exact) mass is 400 g/mol. The fourth-order valence-corrected chi connectivity index (χ4v) is 5.48. The van der Waals surface area contributed by atoms with Gasteiger partial charge in [-0.25, -0.2) is 4.68 Å². The van der Waals surface area contributed by atoms with E-state index in [1.807, 2.05) is 42.6 Å². The van der Waals surface area contributed by atoms with E-state index in [-0.39, 0.29) is 17.5 Å². The molecule has 0 spiro atoms. The van der Waals surface area contributed by atoms with Crippen LogP contribution in [0, 0.1) is 5.92 Å². The van der Waals surface area contributed by atoms with Crippen molar-refractivity contribution in [3.63, 3.8) is 0 Å². The molecule has 1 aromatic heterocycles. The predicted octanol–water partition coefficient (Wildman–Crippen LogP) is 4.22. The average Bonchev–Trinajstić information content (AvgIpc) is 3.33. The summed E-state index contributed by atoms with van der Waals surface area (Å²) < 4.78 is 1.75. The second kappa shape index (κ2) is 7.73. The maximum atomic E-state index is 13.6. The molecule has 154 valence electrons. The molecule has 1 aliphatic carbocycles. The van der Waals surface area contributed by atoms with E-state index < -0.39 is 0 Å². The Labute approximate surface area is 177 Å². The SMILES string of the molecule is CN1CC2CCC1([C@H](NC(=O)c1ccccc1-n1cccn1)c1ccccc1)CC2. The molecular formula is C25H28N4O. The summed E-state index contributed by atoms with van der Waals surface area (Å²) in [6.45, 7) is 1.11. The minimum atomic E-state index is -0.0527. The van der Waals surface area contributed by atoms with Crippen LogP contribution >= 0.6 is 0 Å². The van der Waals surface area contributed by atoms with Gasteiger partial charge in [-0.1, -0.05) is 42.5 Å². The van der Waals surface area contributed by atoms with Crippen molar-refractivity contribution >= 4 is 5.91 Å². The standard InChI is InChI=1S/C25H28N4O/c1-28-18-19-12-14-25(28,15-13-19)23(20-8-3-2-4-9-20)27-24(30)21-10-5-6-11-22(21)29-17-7-16-26-29/h2-11,16-17,19,23H,12-15,18H2,1H3,(H,27,30)/t19?,23-,25?/m1/s1. The number of nitrogens with one attached hydrogen (secondary N) is 1. The number of nitrogens with zero attached hydrogens (tertiary/aromatic N) is 3. The van der Waals surface area contributed by atoms with Crippen molar-refractivity contribution in [2.75, 3.05) is 13.6 Å². The van der Waals surface area contributed by atoms with Gasteiger partial charge in [-0.2, -0.15) is 5.10 Å². The molecule has 6 rings (SSSR count). The molecule has 2 bridgehead atoms. The van der Waals surface area contributed by atoms with Crippen LogP contribution in [0.1, 0.15) is 47.6 Å². The Kier molecular flexibility index (Phi) is 4.91. The quantitative estimate of drug-likeness (QED) is 0.698. The highest BCUT2D eigenvalue weighted by atomic mass is 16.1. The summed E-state index contributed by atoms with van der Waals surface area (Å²) in [6, 6.07) is 20.0. The van der Waals surface area contributed by atoms with Crippen LogP contribution in [-0.4, -0.2) is 39.7 Å². The Hall–Kier alpha value is -2.92. The molecule has 5 heteroatoms. The Morgan fingerprint density at radius 2 is 1.80 bits per heavy atom. The minimum absolute atomic E-state index is 0.0353. The van der Waals surface area contributed by atoms with Crippen molar-refractivity contribution in [1.29, 1.82) is 0 Å². The number of carbonyl (C=O) groups excluding carboxylic acids is 1. The van der Waals surface area contributed by atoms with E-state index in [0.717, 1.165) is 31.0 Å². The van der Waals surface area contributed by atoms with Crippen molar-refractivity contribution in [2.24, 2.45) is 5.92 Å². The molecule has 3 heterocycles. The summed E-state index contributed by atoms with van der Waals surface area (Å²) in [6.07, 6.45) is 8.33. The smallest absolute Gasteiger partial charge is 0.254 e. The first-order valence-electron chi connectivity index (χ1n) is 10.8. The number of piperidine rings is 2. The zero-order chi connectivity index (χ0) is 20.6. The van der Waals surface area contributed by atoms with Crippen molar-refractivity contribution in [1.82, 2.24) is 20.0 Å². The van der Waals surface area contributed by atoms with Crippen LogP contribution in [0.4, 0.5) is 0 Å². The highest BCUT2D eigenvalue weighted by Crippen LogP contribution is 2.49. The van der Waals surface area contributed by atoms with E-state index in [1.165, 1.54) is 18.4 Å². The first-order valence-corrected chi connectivity index (χ1v) is 10.8. The number of amides is 1. The Morgan fingerprint density at radius 1 is 1.07 bits per heavy atom. The van der Waals surface area contributed by atoms with Crippen LogP contribution in [0.25, 0.3) is 5.69 Å². The first kappa shape index (κ1) is 19.1. The lowest BCUT2D eigenvalue weighted by molar-refractivity contribution is -0.0404. The van der Waals surface area contributed by atoms with Crippen molar-refractivity contribution in [2.45, 2.75) is 37.3 Å². The number of hydrogen-bond donors (Lipinski definition) is 1. The number of para-hydroxylation sites is 1. The Balaban J connectivity index is 1.52. The Morgan fingerprint density at radius 3 is 2.50 bits per heavy atom. The van der Waals surface area contributed by atoms with Crippen LogP contribution in [0.5, 0.6) is 0 Å². The molecule has 5 nitrogen and oxygen atoms in total. The summed E-state index contributed by atoms with van der Waals surface area (Å²) in [5.74, 6) is 0.745. The molecule has 1 amide bonds. The van der Waals surface area contributed by atoms with Gasteiger partial charge in [-0.05, 0) is 62.4 Å². The molecular weight excluding hydrogens is 372 g/mol. The average molecular weight is 401 g/mol. The topological polar surface area (TPSA) is 50.2 Å². The van der Waals surface area contributed by atoms with E-state index in [1.54, 1.807) is 10.9 Å². The van der Waals surface area contributed by atoms with Crippen molar-refractivity contribution in [3.05, 3.63) is 84.2 Å². The van der Waals surface area contributed by atoms with Crippen LogP contribution in [0.3, 0.4) is 0 Å². The van der Waals surface area contributed by atoms with Gasteiger partial charge in [-0.3, -0.25) is 9.69 Å². The number of benzene rings is 2. The first-order chi connectivity index (χ1) is 14.7. The minimum Gasteiger partial charge on any atom is -0.343 e. The molecule has 3 fully saturated rings. The normalized spacial score (nSPS) is 24.5. The number of rotatable bonds is 5. The van der Waals surface area contributed by atoms with Gasteiger partial charge < -0.3 is 5.32 Å². The number of likely N-dealkylation sites (N-methyl/N-ethyl adjacent to an activating group) is 1. The second-order valence-electron chi connectivity index (χ2n) is 8.71. The maximum absolute atomic E-state index is 13.6. The summed E-state index contributed by atoms with van der Waals surface area (Å²) >= 11 is 0. The molecule has 2 aromatic carbocycles. The van der Waals surface area contributed by atoms with Crippen molar-refractivity contribution < 1.29 is 4.79 Å². The highest BCUT2D eigenvalue weighted by Gasteiger charge is 2.50. The van der Waals surface area contributed by atoms with Crippen LogP contribution in [0.2, 0.25) is 0 Å². The molecule has 0 unspecified atom stereocenters. The van der Waals surface area contributed by atoms with Gasteiger partial charge in [0.2, 0.25) is 0 Å². The third-order valence-electron chi connectivity index (χ3n) is 7.11. The van der Waals surface area contributed by atoms with Gasteiger partial charge in [0.15, 0.2) is 0 Å². The van der Waals surface area contributed by atoms with Gasteiger partial charge >= 0.3 is 0 Å². The second-order valence-corrected chi connectivity index (χ2v) is 8.71. The summed E-state index contributed by atoms with van der Waals surface area (Å²) in [4.78, 5) is 16.1. The lowest BCUT2D eigenvalue weighted by Gasteiger charge is -2.57. The van der Waals surface area contributed by atoms with Gasteiger partial charge in [-0.15, -0.1) is 0 Å². The van der Waals surface area contributed by atoms with E-state index in [9.17, 15) is 4.79 Å². The summed E-state index contributed by atoms with van der Waals surface area (Å²) in [5.41, 5.74) is 2.58. The van der Waals surface area contributed by atoms with E-state index in [0.29, 0.717) is 5.56 Å². The fourth-order valence-electron chi connectivity index (χ4n) is 5.48. The zero-order valence-corrected chi connectivity index (χ0v) is 17.4. The summed E-state index contributed by atoms with van der Waals surface area (Å²) in [5, 5.41) is 7.78. The summed E-state index contributed by atoms with van der Waals surface area (Å²) in [7, 11) is 2.23. The van der Waals surface area contributed by atoms with Gasteiger partial charge in [0.25, 0.3) is 5.91 Å². The van der Waals surface area contributed by atoms with Gasteiger partial charge in [0.05, 0.1) is 17.3 Å². The number of hydrogen-bond acceptors (Lipinski definition) is 3. The van der Waals surface area contributed by atoms with Crippen molar-refractivity contribution in [3.8, 4) is 5.69 Å². The van der Waals surface area contributed by atoms with E-state index >= 15 is 0 Å². The molecule has 0 radical (unpaired) electrons. The third kappa shape index (κ3) is 3.23. The molecule has 1 atom stereocenters. The van der Waals surface area contributed by atoms with E-state index in [4.69, 9.17) is 0 Å². The van der Waals surface area contributed by atoms with Crippen LogP contribution < -0.4 is 5.32 Å². The number of aromatic nitrogens is 2. The molecule has 2 saturated heterocycles. The third-order valence-corrected chi connectivity index (χ3v) is 7.11. The highest BCUT2D eigenvalue weighted by molar-refractivity contribution is 5.98. The fraction of sp³-hybridized carbons (Fsp3) is 0.360. The zero-order valence-electron chi connectivity index (χ0n) is 17.4. The lowest BCUT2D eigenvalue weighted by Crippen LogP contribution is -2.62. The number of carbonyl (C=O) groups is 1. The van der Waals surface area contributed by atoms with Gasteiger partial charge in [0.1, 0.15) is 0 Å². The molecule has 1 N–H and O–H groups in total. The predicted molar refractivity (Wildman–Crippen MR) is 118 cm³/mol. The number of fused-ring (bicyclic) bond motifs is 3. The van der Waals surface area contributed by atoms with Crippen LogP contribution in [-0.2, 0) is 0 Å². The Bertz CT molecular complexity index is 1010. The molecule has 2 aliphatic heterocycles. The maximum Gasteiger partial charge on any atom is 0.254 e. The largest absolute Gasteiger partial charge is 0.343 e. The van der Waals surface area contributed by atoms with E-state index in [2.05, 4.69) is 46.6 Å². The molecule has 3 aliphatic rings. The molecule has 1 saturated carbocycles. The van der Waals surface area contributed by atoms with Gasteiger partial charge in [0, 0.05) is 24.5 Å². The molecule has 30 heavy (non-hydrogen) atoms. The van der Waals surface area contributed by atoms with Crippen LogP contribution in [0.15, 0.2) is 73.1 Å². The molecule has 3 aromatic rings. The lowest BCUT2D eigenvalue weighted by atomic mass is 9.66.